The molecule has 0 aliphatic carbocycles. The van der Waals surface area contributed by atoms with E-state index in [2.05, 4.69) is 9.97 Å². The maximum absolute atomic E-state index is 12.8. The average molecular weight is 373 g/mol. The van der Waals surface area contributed by atoms with Crippen LogP contribution in [0.3, 0.4) is 0 Å². The number of amides is 1. The van der Waals surface area contributed by atoms with Crippen molar-refractivity contribution in [3.05, 3.63) is 54.5 Å². The van der Waals surface area contributed by atoms with Crippen LogP contribution in [0, 0.1) is 0 Å². The van der Waals surface area contributed by atoms with Crippen LogP contribution in [0.4, 0.5) is 5.82 Å². The number of Topliss-reactive ketones (excluding diaryl/α,β-unsaturated/α-hetero) is 1. The lowest BCUT2D eigenvalue weighted by Gasteiger charge is -2.40. The van der Waals surface area contributed by atoms with Crippen molar-refractivity contribution in [1.82, 2.24) is 19.5 Å². The quantitative estimate of drug-likeness (QED) is 0.705. The smallest absolute Gasteiger partial charge is 0.237 e. The fraction of sp³-hybridized carbons (Fsp3) is 0.286. The molecule has 0 N–H and O–H groups in total. The number of benzene rings is 1. The molecule has 1 amide bonds. The monoisotopic (exact) mass is 373 g/mol. The Morgan fingerprint density at radius 1 is 1.14 bits per heavy atom. The third-order valence-corrected chi connectivity index (χ3v) is 5.81. The van der Waals surface area contributed by atoms with Crippen LogP contribution in [0.25, 0.3) is 17.3 Å². The highest BCUT2D eigenvalue weighted by molar-refractivity contribution is 6.10. The van der Waals surface area contributed by atoms with Gasteiger partial charge in [-0.3, -0.25) is 19.1 Å². The van der Waals surface area contributed by atoms with E-state index in [1.165, 1.54) is 0 Å². The number of nitrogens with zero attached hydrogens (tertiary/aromatic N) is 5. The standard InChI is InChI=1S/C21H19N5O2/c1-2-21-9-8-17(28)26(21)19-15(12-16(21)27)13-23-20(24-19)25-11-10-22-18(25)14-6-4-3-5-7-14/h3-7,10-11,13H,2,8-9,12H2,1H3/t21-/m0/s1. The summed E-state index contributed by atoms with van der Waals surface area (Å²) in [5, 5.41) is 0. The van der Waals surface area contributed by atoms with Crippen LogP contribution in [0.5, 0.6) is 0 Å². The van der Waals surface area contributed by atoms with Gasteiger partial charge in [0.1, 0.15) is 17.2 Å². The van der Waals surface area contributed by atoms with Crippen LogP contribution in [-0.4, -0.2) is 36.7 Å². The number of imidazole rings is 1. The van der Waals surface area contributed by atoms with Crippen LogP contribution in [-0.2, 0) is 16.0 Å². The minimum absolute atomic E-state index is 0.0466. The van der Waals surface area contributed by atoms with Crippen LogP contribution in [0.15, 0.2) is 48.9 Å². The lowest BCUT2D eigenvalue weighted by atomic mass is 9.82. The van der Waals surface area contributed by atoms with Gasteiger partial charge < -0.3 is 0 Å². The molecule has 7 heteroatoms. The molecular formula is C21H19N5O2. The Bertz CT molecular complexity index is 1090. The number of aromatic nitrogens is 4. The number of rotatable bonds is 3. The largest absolute Gasteiger partial charge is 0.297 e. The van der Waals surface area contributed by atoms with Gasteiger partial charge in [0.15, 0.2) is 5.78 Å². The van der Waals surface area contributed by atoms with E-state index in [4.69, 9.17) is 4.98 Å². The molecule has 28 heavy (non-hydrogen) atoms. The SMILES string of the molecule is CC[C@@]12CCC(=O)N1c1nc(-n3ccnc3-c3ccccc3)ncc1CC2=O. The molecule has 1 saturated heterocycles. The Labute approximate surface area is 162 Å². The van der Waals surface area contributed by atoms with Gasteiger partial charge >= 0.3 is 0 Å². The first kappa shape index (κ1) is 16.8. The molecule has 3 aromatic rings. The predicted molar refractivity (Wildman–Crippen MR) is 103 cm³/mol. The van der Waals surface area contributed by atoms with Crippen molar-refractivity contribution in [3.63, 3.8) is 0 Å². The topological polar surface area (TPSA) is 81.0 Å². The first-order chi connectivity index (χ1) is 13.6. The number of hydrogen-bond donors (Lipinski definition) is 0. The molecule has 2 aliphatic heterocycles. The second-order valence-corrected chi connectivity index (χ2v) is 7.22. The van der Waals surface area contributed by atoms with Crippen molar-refractivity contribution in [1.29, 1.82) is 0 Å². The zero-order valence-electron chi connectivity index (χ0n) is 15.5. The van der Waals surface area contributed by atoms with E-state index in [-0.39, 0.29) is 18.1 Å². The second-order valence-electron chi connectivity index (χ2n) is 7.22. The number of carbonyl (C=O) groups excluding carboxylic acids is 2. The van der Waals surface area contributed by atoms with Gasteiger partial charge in [-0.25, -0.2) is 9.97 Å². The Morgan fingerprint density at radius 3 is 2.75 bits per heavy atom. The summed E-state index contributed by atoms with van der Waals surface area (Å²) in [5.41, 5.74) is 0.894. The molecular weight excluding hydrogens is 354 g/mol. The second kappa shape index (κ2) is 6.09. The molecule has 0 unspecified atom stereocenters. The highest BCUT2D eigenvalue weighted by atomic mass is 16.2. The summed E-state index contributed by atoms with van der Waals surface area (Å²) >= 11 is 0. The first-order valence-corrected chi connectivity index (χ1v) is 9.45. The summed E-state index contributed by atoms with van der Waals surface area (Å²) in [4.78, 5) is 40.7. The van der Waals surface area contributed by atoms with Gasteiger partial charge in [-0.2, -0.15) is 4.98 Å². The molecule has 0 radical (unpaired) electrons. The summed E-state index contributed by atoms with van der Waals surface area (Å²) < 4.78 is 1.81. The molecule has 0 saturated carbocycles. The average Bonchev–Trinajstić information content (AvgIpc) is 3.35. The van der Waals surface area contributed by atoms with Crippen molar-refractivity contribution >= 4 is 17.5 Å². The predicted octanol–water partition coefficient (Wildman–Crippen LogP) is 2.73. The summed E-state index contributed by atoms with van der Waals surface area (Å²) in [6.45, 7) is 1.96. The van der Waals surface area contributed by atoms with Crippen molar-refractivity contribution in [2.75, 3.05) is 4.90 Å². The lowest BCUT2D eigenvalue weighted by molar-refractivity contribution is -0.126. The fourth-order valence-corrected chi connectivity index (χ4v) is 4.32. The van der Waals surface area contributed by atoms with Crippen LogP contribution >= 0.6 is 0 Å². The van der Waals surface area contributed by atoms with E-state index >= 15 is 0 Å². The third-order valence-electron chi connectivity index (χ3n) is 5.81. The van der Waals surface area contributed by atoms with E-state index in [9.17, 15) is 9.59 Å². The number of anilines is 1. The lowest BCUT2D eigenvalue weighted by Crippen LogP contribution is -2.55. The Kier molecular flexibility index (Phi) is 3.65. The molecule has 2 aliphatic rings. The molecule has 1 aromatic carbocycles. The fourth-order valence-electron chi connectivity index (χ4n) is 4.32. The molecule has 140 valence electrons. The van der Waals surface area contributed by atoms with Crippen LogP contribution in [0.2, 0.25) is 0 Å². The molecule has 4 heterocycles. The normalized spacial score (nSPS) is 21.0. The van der Waals surface area contributed by atoms with Gasteiger partial charge in [0.25, 0.3) is 0 Å². The summed E-state index contributed by atoms with van der Waals surface area (Å²) in [7, 11) is 0. The highest BCUT2D eigenvalue weighted by Crippen LogP contribution is 2.43. The van der Waals surface area contributed by atoms with Gasteiger partial charge in [-0.1, -0.05) is 37.3 Å². The number of hydrogen-bond acceptors (Lipinski definition) is 5. The van der Waals surface area contributed by atoms with E-state index in [1.54, 1.807) is 28.1 Å². The van der Waals surface area contributed by atoms with Crippen molar-refractivity contribution in [3.8, 4) is 17.3 Å². The number of fused-ring (bicyclic) bond motifs is 3. The van der Waals surface area contributed by atoms with Gasteiger partial charge in [0, 0.05) is 42.6 Å². The minimum Gasteiger partial charge on any atom is -0.297 e. The number of carbonyl (C=O) groups is 2. The van der Waals surface area contributed by atoms with Crippen molar-refractivity contribution in [2.45, 2.75) is 38.1 Å². The third kappa shape index (κ3) is 2.25. The Hall–Kier alpha value is -3.35. The maximum atomic E-state index is 12.8. The Morgan fingerprint density at radius 2 is 1.96 bits per heavy atom. The summed E-state index contributed by atoms with van der Waals surface area (Å²) in [6, 6.07) is 9.80. The van der Waals surface area contributed by atoms with Gasteiger partial charge in [-0.05, 0) is 12.8 Å². The van der Waals surface area contributed by atoms with E-state index in [0.29, 0.717) is 36.6 Å². The van der Waals surface area contributed by atoms with Crippen molar-refractivity contribution in [2.24, 2.45) is 0 Å². The zero-order chi connectivity index (χ0) is 19.3. The molecule has 7 nitrogen and oxygen atoms in total. The minimum atomic E-state index is -0.757. The van der Waals surface area contributed by atoms with Gasteiger partial charge in [-0.15, -0.1) is 0 Å². The Balaban J connectivity index is 1.65. The first-order valence-electron chi connectivity index (χ1n) is 9.45. The maximum Gasteiger partial charge on any atom is 0.237 e. The van der Waals surface area contributed by atoms with E-state index in [0.717, 1.165) is 11.4 Å². The van der Waals surface area contributed by atoms with E-state index < -0.39 is 5.54 Å². The molecule has 0 bridgehead atoms. The molecule has 2 aromatic heterocycles. The zero-order valence-corrected chi connectivity index (χ0v) is 15.5. The van der Waals surface area contributed by atoms with Crippen molar-refractivity contribution < 1.29 is 9.59 Å². The summed E-state index contributed by atoms with van der Waals surface area (Å²) in [5.74, 6) is 1.75. The van der Waals surface area contributed by atoms with Gasteiger partial charge in [0.2, 0.25) is 11.9 Å². The van der Waals surface area contributed by atoms with Gasteiger partial charge in [0.05, 0.1) is 0 Å². The molecule has 1 atom stereocenters. The number of ketones is 1. The molecule has 5 rings (SSSR count). The van der Waals surface area contributed by atoms with Crippen LogP contribution < -0.4 is 4.90 Å². The van der Waals surface area contributed by atoms with E-state index in [1.807, 2.05) is 37.3 Å². The molecule has 0 spiro atoms. The molecule has 1 fully saturated rings. The highest BCUT2D eigenvalue weighted by Gasteiger charge is 2.53. The van der Waals surface area contributed by atoms with Crippen LogP contribution in [0.1, 0.15) is 31.7 Å². The summed E-state index contributed by atoms with van der Waals surface area (Å²) in [6.07, 6.45) is 6.96.